The van der Waals surface area contributed by atoms with Crippen molar-refractivity contribution in [2.45, 2.75) is 12.3 Å². The number of nitrogens with zero attached hydrogens (tertiary/aromatic N) is 3. The van der Waals surface area contributed by atoms with Crippen LogP contribution in [0.15, 0.2) is 59.7 Å². The summed E-state index contributed by atoms with van der Waals surface area (Å²) in [6, 6.07) is 9.13. The second-order valence-electron chi connectivity index (χ2n) is 7.64. The highest BCUT2D eigenvalue weighted by molar-refractivity contribution is 6.18. The number of nitriles is 1. The predicted molar refractivity (Wildman–Crippen MR) is 115 cm³/mol. The van der Waals surface area contributed by atoms with Crippen molar-refractivity contribution in [3.05, 3.63) is 65.3 Å². The molecule has 3 aliphatic heterocycles. The number of esters is 1. The topological polar surface area (TPSA) is 118 Å². The van der Waals surface area contributed by atoms with Gasteiger partial charge in [-0.1, -0.05) is 30.9 Å². The van der Waals surface area contributed by atoms with E-state index in [0.717, 1.165) is 0 Å². The van der Waals surface area contributed by atoms with Crippen molar-refractivity contribution >= 4 is 17.6 Å². The molecule has 9 nitrogen and oxygen atoms in total. The first-order valence-corrected chi connectivity index (χ1v) is 10.3. The molecule has 32 heavy (non-hydrogen) atoms. The molecule has 1 fully saturated rings. The van der Waals surface area contributed by atoms with Gasteiger partial charge in [-0.25, -0.2) is 4.79 Å². The van der Waals surface area contributed by atoms with Crippen molar-refractivity contribution in [1.29, 1.82) is 5.26 Å². The summed E-state index contributed by atoms with van der Waals surface area (Å²) >= 11 is 0. The third-order valence-electron chi connectivity index (χ3n) is 5.87. The van der Waals surface area contributed by atoms with Gasteiger partial charge in [-0.15, -0.1) is 0 Å². The Bertz CT molecular complexity index is 1080. The van der Waals surface area contributed by atoms with E-state index in [2.05, 4.69) is 11.5 Å². The van der Waals surface area contributed by atoms with Crippen LogP contribution in [-0.2, 0) is 29.2 Å². The van der Waals surface area contributed by atoms with Crippen LogP contribution in [0.4, 0.5) is 5.69 Å². The molecule has 0 bridgehead atoms. The zero-order valence-corrected chi connectivity index (χ0v) is 17.8. The minimum absolute atomic E-state index is 0.0490. The molecule has 3 heterocycles. The van der Waals surface area contributed by atoms with E-state index in [4.69, 9.17) is 19.9 Å². The molecule has 1 aromatic carbocycles. The van der Waals surface area contributed by atoms with Gasteiger partial charge in [-0.2, -0.15) is 5.26 Å². The number of benzene rings is 1. The smallest absolute Gasteiger partial charge is 0.339 e. The molecule has 1 saturated heterocycles. The van der Waals surface area contributed by atoms with Crippen LogP contribution in [0.25, 0.3) is 0 Å². The number of hydrogen-bond acceptors (Lipinski definition) is 8. The monoisotopic (exact) mass is 436 g/mol. The summed E-state index contributed by atoms with van der Waals surface area (Å²) in [7, 11) is 0. The Labute approximate surface area is 185 Å². The lowest BCUT2D eigenvalue weighted by Crippen LogP contribution is -2.52. The molecule has 0 aromatic heterocycles. The molecule has 2 N–H and O–H groups in total. The van der Waals surface area contributed by atoms with Gasteiger partial charge < -0.3 is 19.9 Å². The van der Waals surface area contributed by atoms with Crippen LogP contribution in [0.2, 0.25) is 0 Å². The molecule has 0 saturated carbocycles. The van der Waals surface area contributed by atoms with Crippen molar-refractivity contribution in [3.63, 3.8) is 0 Å². The number of rotatable bonds is 5. The summed E-state index contributed by atoms with van der Waals surface area (Å²) < 4.78 is 16.2. The van der Waals surface area contributed by atoms with Gasteiger partial charge in [-0.05, 0) is 13.0 Å². The quantitative estimate of drug-likeness (QED) is 0.542. The van der Waals surface area contributed by atoms with E-state index < -0.39 is 17.3 Å². The molecule has 1 amide bonds. The number of hydrogen-bond donors (Lipinski definition) is 1. The van der Waals surface area contributed by atoms with E-state index in [1.54, 1.807) is 23.1 Å². The molecular weight excluding hydrogens is 412 g/mol. The van der Waals surface area contributed by atoms with Gasteiger partial charge in [-0.3, -0.25) is 14.6 Å². The van der Waals surface area contributed by atoms with Crippen LogP contribution >= 0.6 is 0 Å². The number of allylic oxidation sites excluding steroid dienone is 1. The van der Waals surface area contributed by atoms with Crippen molar-refractivity contribution < 1.29 is 23.8 Å². The van der Waals surface area contributed by atoms with Gasteiger partial charge in [0.2, 0.25) is 11.8 Å². The Balaban J connectivity index is 1.91. The van der Waals surface area contributed by atoms with Gasteiger partial charge in [0.25, 0.3) is 0 Å². The average molecular weight is 436 g/mol. The summed E-state index contributed by atoms with van der Waals surface area (Å²) in [5, 5.41) is 10.0. The number of anilines is 1. The maximum atomic E-state index is 14.2. The summed E-state index contributed by atoms with van der Waals surface area (Å²) in [5.74, 6) is -1.30. The molecule has 4 rings (SSSR count). The van der Waals surface area contributed by atoms with Crippen LogP contribution in [0, 0.1) is 11.3 Å². The Morgan fingerprint density at radius 3 is 2.78 bits per heavy atom. The standard InChI is InChI=1S/C23H24N4O5/c1-3-10-31-21(28)19-15(2)32-20(25)17(13-24)23(19)16-6-4-5-7-18(16)27(22(23)29)14-26-8-11-30-12-9-26/h3-7H,1,8-12,14,25H2,2H3/t23-/m1/s1. The van der Waals surface area contributed by atoms with Gasteiger partial charge in [0, 0.05) is 18.7 Å². The van der Waals surface area contributed by atoms with E-state index in [0.29, 0.717) is 37.6 Å². The fraction of sp³-hybridized carbons (Fsp3) is 0.348. The molecular formula is C23H24N4O5. The minimum Gasteiger partial charge on any atom is -0.458 e. The Morgan fingerprint density at radius 1 is 1.38 bits per heavy atom. The number of amides is 1. The zero-order valence-electron chi connectivity index (χ0n) is 17.8. The molecule has 1 aromatic rings. The molecule has 0 radical (unpaired) electrons. The van der Waals surface area contributed by atoms with Gasteiger partial charge in [0.05, 0.1) is 25.6 Å². The minimum atomic E-state index is -1.75. The predicted octanol–water partition coefficient (Wildman–Crippen LogP) is 1.29. The molecule has 0 aliphatic carbocycles. The normalized spacial score (nSPS) is 23.1. The van der Waals surface area contributed by atoms with Crippen molar-refractivity contribution in [2.24, 2.45) is 5.73 Å². The highest BCUT2D eigenvalue weighted by Crippen LogP contribution is 2.54. The van der Waals surface area contributed by atoms with E-state index in [1.807, 2.05) is 12.1 Å². The number of para-hydroxylation sites is 1. The molecule has 3 aliphatic rings. The SMILES string of the molecule is C=CCOC(=O)C1=C(C)OC(N)=C(C#N)[C@@]12C(=O)N(CN1CCOCC1)c1ccccc12. The Morgan fingerprint density at radius 2 is 2.09 bits per heavy atom. The maximum Gasteiger partial charge on any atom is 0.339 e. The van der Waals surface area contributed by atoms with Crippen LogP contribution in [-0.4, -0.2) is 56.4 Å². The van der Waals surface area contributed by atoms with Crippen molar-refractivity contribution in [2.75, 3.05) is 44.5 Å². The summed E-state index contributed by atoms with van der Waals surface area (Å²) in [6.07, 6.45) is 1.43. The third-order valence-corrected chi connectivity index (χ3v) is 5.87. The molecule has 166 valence electrons. The molecule has 0 unspecified atom stereocenters. The first-order valence-electron chi connectivity index (χ1n) is 10.3. The van der Waals surface area contributed by atoms with E-state index >= 15 is 0 Å². The highest BCUT2D eigenvalue weighted by Gasteiger charge is 2.62. The average Bonchev–Trinajstić information content (AvgIpc) is 3.02. The fourth-order valence-corrected chi connectivity index (χ4v) is 4.50. The van der Waals surface area contributed by atoms with Crippen molar-refractivity contribution in [1.82, 2.24) is 4.90 Å². The lowest BCUT2D eigenvalue weighted by atomic mass is 9.68. The Kier molecular flexibility index (Phi) is 5.74. The highest BCUT2D eigenvalue weighted by atomic mass is 16.5. The van der Waals surface area contributed by atoms with Gasteiger partial charge in [0.15, 0.2) is 5.41 Å². The third kappa shape index (κ3) is 3.16. The largest absolute Gasteiger partial charge is 0.458 e. The fourth-order valence-electron chi connectivity index (χ4n) is 4.50. The van der Waals surface area contributed by atoms with Crippen LogP contribution < -0.4 is 10.6 Å². The number of nitrogens with two attached hydrogens (primary N) is 1. The molecule has 1 spiro atoms. The molecule has 9 heteroatoms. The second kappa shape index (κ2) is 8.49. The molecule has 1 atom stereocenters. The lowest BCUT2D eigenvalue weighted by molar-refractivity contribution is -0.140. The van der Waals surface area contributed by atoms with Gasteiger partial charge in [0.1, 0.15) is 29.6 Å². The Hall–Kier alpha value is -3.61. The maximum absolute atomic E-state index is 14.2. The summed E-state index contributed by atoms with van der Waals surface area (Å²) in [4.78, 5) is 31.0. The second-order valence-corrected chi connectivity index (χ2v) is 7.64. The summed E-state index contributed by atoms with van der Waals surface area (Å²) in [6.45, 7) is 7.78. The van der Waals surface area contributed by atoms with E-state index in [1.165, 1.54) is 13.0 Å². The van der Waals surface area contributed by atoms with E-state index in [9.17, 15) is 14.9 Å². The van der Waals surface area contributed by atoms with Gasteiger partial charge >= 0.3 is 5.97 Å². The van der Waals surface area contributed by atoms with Crippen LogP contribution in [0.1, 0.15) is 12.5 Å². The van der Waals surface area contributed by atoms with E-state index in [-0.39, 0.29) is 36.1 Å². The van der Waals surface area contributed by atoms with Crippen LogP contribution in [0.5, 0.6) is 0 Å². The van der Waals surface area contributed by atoms with Crippen molar-refractivity contribution in [3.8, 4) is 6.07 Å². The first kappa shape index (κ1) is 21.6. The number of carbonyl (C=O) groups is 2. The summed E-state index contributed by atoms with van der Waals surface area (Å²) in [5.41, 5.74) is 5.25. The number of ether oxygens (including phenoxy) is 3. The first-order chi connectivity index (χ1) is 15.5. The number of fused-ring (bicyclic) bond motifs is 2. The number of carbonyl (C=O) groups excluding carboxylic acids is 2. The zero-order chi connectivity index (χ0) is 22.9. The lowest BCUT2D eigenvalue weighted by Gasteiger charge is -2.35. The number of morpholine rings is 1. The van der Waals surface area contributed by atoms with Crippen LogP contribution in [0.3, 0.4) is 0 Å².